The summed E-state index contributed by atoms with van der Waals surface area (Å²) in [6, 6.07) is 25.1. The number of hydrogen-bond donors (Lipinski definition) is 0. The summed E-state index contributed by atoms with van der Waals surface area (Å²) in [4.78, 5) is 28.8. The number of carbonyl (C=O) groups excluding carboxylic acids is 2. The predicted octanol–water partition coefficient (Wildman–Crippen LogP) is 8.81. The summed E-state index contributed by atoms with van der Waals surface area (Å²) in [7, 11) is 0. The van der Waals surface area contributed by atoms with E-state index in [-0.39, 0.29) is 11.3 Å². The van der Waals surface area contributed by atoms with Gasteiger partial charge in [-0.15, -0.1) is 11.3 Å². The van der Waals surface area contributed by atoms with Crippen LogP contribution in [0.15, 0.2) is 78.9 Å². The summed E-state index contributed by atoms with van der Waals surface area (Å²) in [5.41, 5.74) is 3.59. The summed E-state index contributed by atoms with van der Waals surface area (Å²) >= 11 is 20.3. The van der Waals surface area contributed by atoms with Crippen LogP contribution < -0.4 is 0 Å². The van der Waals surface area contributed by atoms with Crippen LogP contribution in [0.5, 0.6) is 0 Å². The van der Waals surface area contributed by atoms with Gasteiger partial charge in [-0.2, -0.15) is 0 Å². The summed E-state index contributed by atoms with van der Waals surface area (Å²) in [5.74, 6) is -0.00989. The number of piperidine rings is 1. The highest BCUT2D eigenvalue weighted by atomic mass is 35.5. The van der Waals surface area contributed by atoms with E-state index in [9.17, 15) is 9.59 Å². The summed E-state index contributed by atoms with van der Waals surface area (Å²) in [6.07, 6.45) is 2.95. The number of likely N-dealkylation sites (tertiary alicyclic amines) is 1. The van der Waals surface area contributed by atoms with E-state index in [0.29, 0.717) is 39.5 Å². The molecule has 0 aliphatic carbocycles. The Hall–Kier alpha value is -2.63. The van der Waals surface area contributed by atoms with Gasteiger partial charge in [-0.1, -0.05) is 83.3 Å². The van der Waals surface area contributed by atoms with E-state index in [1.54, 1.807) is 12.1 Å². The highest BCUT2D eigenvalue weighted by Crippen LogP contribution is 2.44. The zero-order valence-corrected chi connectivity index (χ0v) is 23.0. The molecule has 1 saturated heterocycles. The first kappa shape index (κ1) is 26.0. The Balaban J connectivity index is 1.46. The SMILES string of the molecule is O=CCC1(c2ccccc2)CCN(C(=O)c2cc(-c3ccc(Cl)cc3Cl)c(-c3ccc(Cl)cc3)s2)CC1. The lowest BCUT2D eigenvalue weighted by molar-refractivity contribution is -0.109. The molecule has 3 aromatic carbocycles. The second kappa shape index (κ2) is 11.0. The minimum Gasteiger partial charge on any atom is -0.338 e. The van der Waals surface area contributed by atoms with Gasteiger partial charge in [-0.3, -0.25) is 4.79 Å². The number of thiophene rings is 1. The molecule has 1 aliphatic heterocycles. The molecule has 0 radical (unpaired) electrons. The fourth-order valence-electron chi connectivity index (χ4n) is 5.08. The van der Waals surface area contributed by atoms with Crippen LogP contribution in [-0.2, 0) is 10.2 Å². The van der Waals surface area contributed by atoms with Crippen molar-refractivity contribution in [2.45, 2.75) is 24.7 Å². The second-order valence-electron chi connectivity index (χ2n) is 9.29. The van der Waals surface area contributed by atoms with Crippen molar-refractivity contribution in [1.82, 2.24) is 4.90 Å². The van der Waals surface area contributed by atoms with Crippen LogP contribution in [0.1, 0.15) is 34.5 Å². The molecule has 1 aliphatic rings. The van der Waals surface area contributed by atoms with Crippen LogP contribution in [0.4, 0.5) is 0 Å². The quantitative estimate of drug-likeness (QED) is 0.218. The largest absolute Gasteiger partial charge is 0.338 e. The molecule has 7 heteroatoms. The van der Waals surface area contributed by atoms with Gasteiger partial charge < -0.3 is 9.69 Å². The minimum atomic E-state index is -0.230. The Morgan fingerprint density at radius 1 is 0.865 bits per heavy atom. The van der Waals surface area contributed by atoms with Crippen LogP contribution in [-0.4, -0.2) is 30.2 Å². The molecule has 4 aromatic rings. The molecule has 37 heavy (non-hydrogen) atoms. The number of benzene rings is 3. The molecule has 1 aromatic heterocycles. The fraction of sp³-hybridized carbons (Fsp3) is 0.200. The van der Waals surface area contributed by atoms with Crippen molar-refractivity contribution >= 4 is 58.3 Å². The van der Waals surface area contributed by atoms with E-state index in [0.717, 1.165) is 46.3 Å². The molecule has 1 fully saturated rings. The summed E-state index contributed by atoms with van der Waals surface area (Å²) in [5, 5.41) is 1.73. The Bertz CT molecular complexity index is 1430. The third-order valence-electron chi connectivity index (χ3n) is 7.14. The molecule has 0 unspecified atom stereocenters. The van der Waals surface area contributed by atoms with Crippen molar-refractivity contribution in [3.63, 3.8) is 0 Å². The average Bonchev–Trinajstić information content (AvgIpc) is 3.35. The Kier molecular flexibility index (Phi) is 7.73. The highest BCUT2D eigenvalue weighted by Gasteiger charge is 2.37. The van der Waals surface area contributed by atoms with E-state index >= 15 is 0 Å². The Morgan fingerprint density at radius 2 is 1.54 bits per heavy atom. The molecular formula is C30H24Cl3NO2S. The van der Waals surface area contributed by atoms with Gasteiger partial charge in [-0.25, -0.2) is 0 Å². The molecule has 5 rings (SSSR count). The summed E-state index contributed by atoms with van der Waals surface area (Å²) in [6.45, 7) is 1.18. The van der Waals surface area contributed by atoms with Gasteiger partial charge >= 0.3 is 0 Å². The number of nitrogens with zero attached hydrogens (tertiary/aromatic N) is 1. The smallest absolute Gasteiger partial charge is 0.263 e. The van der Waals surface area contributed by atoms with E-state index in [1.165, 1.54) is 11.3 Å². The third-order valence-corrected chi connectivity index (χ3v) is 9.11. The molecule has 0 bridgehead atoms. The van der Waals surface area contributed by atoms with E-state index < -0.39 is 0 Å². The summed E-state index contributed by atoms with van der Waals surface area (Å²) < 4.78 is 0. The maximum absolute atomic E-state index is 13.7. The fourth-order valence-corrected chi connectivity index (χ4v) is 6.86. The van der Waals surface area contributed by atoms with Crippen LogP contribution in [0.25, 0.3) is 21.6 Å². The van der Waals surface area contributed by atoms with Gasteiger partial charge in [0, 0.05) is 56.0 Å². The van der Waals surface area contributed by atoms with Gasteiger partial charge in [0.15, 0.2) is 0 Å². The van der Waals surface area contributed by atoms with Gasteiger partial charge in [0.1, 0.15) is 6.29 Å². The van der Waals surface area contributed by atoms with E-state index in [1.807, 2.05) is 59.5 Å². The molecule has 0 spiro atoms. The van der Waals surface area contributed by atoms with Crippen molar-refractivity contribution < 1.29 is 9.59 Å². The molecule has 3 nitrogen and oxygen atoms in total. The highest BCUT2D eigenvalue weighted by molar-refractivity contribution is 7.18. The maximum Gasteiger partial charge on any atom is 0.263 e. The molecule has 0 saturated carbocycles. The van der Waals surface area contributed by atoms with Crippen molar-refractivity contribution in [3.8, 4) is 21.6 Å². The third kappa shape index (κ3) is 5.35. The minimum absolute atomic E-state index is 0.00989. The van der Waals surface area contributed by atoms with Gasteiger partial charge in [0.25, 0.3) is 5.91 Å². The number of aldehydes is 1. The van der Waals surface area contributed by atoms with E-state index in [4.69, 9.17) is 34.8 Å². The van der Waals surface area contributed by atoms with Crippen molar-refractivity contribution in [3.05, 3.63) is 104 Å². The number of amides is 1. The van der Waals surface area contributed by atoms with Crippen LogP contribution in [0.3, 0.4) is 0 Å². The zero-order chi connectivity index (χ0) is 26.0. The Labute approximate surface area is 235 Å². The van der Waals surface area contributed by atoms with E-state index in [2.05, 4.69) is 12.1 Å². The molecular weight excluding hydrogens is 545 g/mol. The lowest BCUT2D eigenvalue weighted by Crippen LogP contribution is -2.45. The number of rotatable bonds is 6. The lowest BCUT2D eigenvalue weighted by atomic mass is 9.71. The second-order valence-corrected chi connectivity index (χ2v) is 11.6. The zero-order valence-electron chi connectivity index (χ0n) is 19.9. The van der Waals surface area contributed by atoms with Gasteiger partial charge in [0.2, 0.25) is 0 Å². The predicted molar refractivity (Wildman–Crippen MR) is 154 cm³/mol. The van der Waals surface area contributed by atoms with Crippen molar-refractivity contribution in [2.75, 3.05) is 13.1 Å². The lowest BCUT2D eigenvalue weighted by Gasteiger charge is -2.41. The molecule has 188 valence electrons. The van der Waals surface area contributed by atoms with Crippen molar-refractivity contribution in [1.29, 1.82) is 0 Å². The van der Waals surface area contributed by atoms with Crippen LogP contribution >= 0.6 is 46.1 Å². The van der Waals surface area contributed by atoms with Crippen LogP contribution in [0.2, 0.25) is 15.1 Å². The monoisotopic (exact) mass is 567 g/mol. The molecule has 0 N–H and O–H groups in total. The first-order valence-corrected chi connectivity index (χ1v) is 14.0. The first-order chi connectivity index (χ1) is 17.9. The average molecular weight is 569 g/mol. The molecule has 1 amide bonds. The van der Waals surface area contributed by atoms with Crippen LogP contribution in [0, 0.1) is 0 Å². The molecule has 0 atom stereocenters. The Morgan fingerprint density at radius 3 is 2.19 bits per heavy atom. The topological polar surface area (TPSA) is 37.4 Å². The van der Waals surface area contributed by atoms with Gasteiger partial charge in [-0.05, 0) is 54.3 Å². The van der Waals surface area contributed by atoms with Gasteiger partial charge in [0.05, 0.1) is 4.88 Å². The van der Waals surface area contributed by atoms with Crippen molar-refractivity contribution in [2.24, 2.45) is 0 Å². The number of hydrogen-bond acceptors (Lipinski definition) is 3. The molecule has 2 heterocycles. The normalized spacial score (nSPS) is 14.9. The maximum atomic E-state index is 13.7. The first-order valence-electron chi connectivity index (χ1n) is 12.0. The number of carbonyl (C=O) groups is 2. The number of halogens is 3. The standard InChI is InChI=1S/C30H24Cl3NO2S/c31-22-8-6-20(7-9-22)28-25(24-11-10-23(32)18-26(24)33)19-27(37-28)29(36)34-15-12-30(13-16-34,14-17-35)21-4-2-1-3-5-21/h1-11,17-19H,12-16H2.